The van der Waals surface area contributed by atoms with Crippen LogP contribution in [0.2, 0.25) is 0 Å². The molecule has 0 spiro atoms. The van der Waals surface area contributed by atoms with Crippen LogP contribution in [0.15, 0.2) is 5.38 Å². The molecule has 0 atom stereocenters. The van der Waals surface area contributed by atoms with Gasteiger partial charge in [-0.15, -0.1) is 22.9 Å². The lowest BCUT2D eigenvalue weighted by Gasteiger charge is -2.04. The van der Waals surface area contributed by atoms with Crippen molar-refractivity contribution in [3.05, 3.63) is 16.1 Å². The molecule has 1 rings (SSSR count). The van der Waals surface area contributed by atoms with Gasteiger partial charge >= 0.3 is 0 Å². The molecule has 0 aromatic carbocycles. The van der Waals surface area contributed by atoms with Crippen LogP contribution in [0.3, 0.4) is 0 Å². The second-order valence-electron chi connectivity index (χ2n) is 3.69. The maximum absolute atomic E-state index is 5.68. The molecule has 0 fully saturated rings. The van der Waals surface area contributed by atoms with Gasteiger partial charge in [-0.05, 0) is 6.42 Å². The Kier molecular flexibility index (Phi) is 9.42. The summed E-state index contributed by atoms with van der Waals surface area (Å²) in [5.41, 5.74) is 0.943. The zero-order valence-electron chi connectivity index (χ0n) is 10.7. The highest BCUT2D eigenvalue weighted by molar-refractivity contribution is 7.09. The van der Waals surface area contributed by atoms with Gasteiger partial charge in [0.2, 0.25) is 0 Å². The largest absolute Gasteiger partial charge is 0.385 e. The molecule has 0 aliphatic heterocycles. The van der Waals surface area contributed by atoms with E-state index < -0.39 is 0 Å². The smallest absolute Gasteiger partial charge is 0.0951 e. The number of halogens is 1. The predicted molar refractivity (Wildman–Crippen MR) is 73.5 cm³/mol. The van der Waals surface area contributed by atoms with Crippen LogP contribution < -0.4 is 0 Å². The molecular formula is C12H20ClNO3S. The summed E-state index contributed by atoms with van der Waals surface area (Å²) in [6, 6.07) is 0. The minimum atomic E-state index is 0.479. The van der Waals surface area contributed by atoms with Gasteiger partial charge in [0, 0.05) is 32.1 Å². The Labute approximate surface area is 117 Å². The summed E-state index contributed by atoms with van der Waals surface area (Å²) in [6.45, 7) is 3.41. The topological polar surface area (TPSA) is 40.6 Å². The van der Waals surface area contributed by atoms with Crippen molar-refractivity contribution in [3.63, 3.8) is 0 Å². The molecule has 104 valence electrons. The fourth-order valence-corrected chi connectivity index (χ4v) is 2.32. The summed E-state index contributed by atoms with van der Waals surface area (Å²) in [5.74, 6) is 0.479. The molecule has 4 nitrogen and oxygen atoms in total. The van der Waals surface area contributed by atoms with E-state index in [-0.39, 0.29) is 0 Å². The van der Waals surface area contributed by atoms with Gasteiger partial charge in [0.15, 0.2) is 0 Å². The molecular weight excluding hydrogens is 274 g/mol. The van der Waals surface area contributed by atoms with Crippen molar-refractivity contribution in [2.45, 2.75) is 18.7 Å². The van der Waals surface area contributed by atoms with Crippen molar-refractivity contribution in [2.75, 3.05) is 40.1 Å². The Morgan fingerprint density at radius 1 is 1.17 bits per heavy atom. The lowest BCUT2D eigenvalue weighted by Crippen LogP contribution is -2.08. The van der Waals surface area contributed by atoms with Gasteiger partial charge in [0.05, 0.1) is 36.4 Å². The second-order valence-corrected chi connectivity index (χ2v) is 4.90. The van der Waals surface area contributed by atoms with E-state index >= 15 is 0 Å². The van der Waals surface area contributed by atoms with Crippen molar-refractivity contribution in [1.29, 1.82) is 0 Å². The number of methoxy groups -OCH3 is 1. The molecule has 0 radical (unpaired) electrons. The third-order valence-electron chi connectivity index (χ3n) is 2.21. The Morgan fingerprint density at radius 3 is 2.61 bits per heavy atom. The number of thiazole rings is 1. The molecule has 0 unspecified atom stereocenters. The van der Waals surface area contributed by atoms with Crippen LogP contribution >= 0.6 is 22.9 Å². The van der Waals surface area contributed by atoms with Gasteiger partial charge < -0.3 is 14.2 Å². The average molecular weight is 294 g/mol. The van der Waals surface area contributed by atoms with Gasteiger partial charge in [-0.3, -0.25) is 0 Å². The second kappa shape index (κ2) is 10.7. The minimum Gasteiger partial charge on any atom is -0.385 e. The van der Waals surface area contributed by atoms with Crippen LogP contribution in [-0.4, -0.2) is 45.1 Å². The van der Waals surface area contributed by atoms with E-state index in [1.165, 1.54) is 0 Å². The first kappa shape index (κ1) is 15.9. The van der Waals surface area contributed by atoms with Crippen molar-refractivity contribution in [3.8, 4) is 0 Å². The van der Waals surface area contributed by atoms with Crippen molar-refractivity contribution < 1.29 is 14.2 Å². The van der Waals surface area contributed by atoms with Crippen molar-refractivity contribution in [2.24, 2.45) is 0 Å². The van der Waals surface area contributed by atoms with Gasteiger partial charge in [-0.25, -0.2) is 4.98 Å². The molecule has 1 aromatic rings. The van der Waals surface area contributed by atoms with E-state index in [4.69, 9.17) is 25.8 Å². The standard InChI is InChI=1S/C12H20ClNO3S/c1-15-4-2-5-16-7-8-17-6-3-12-14-11(9-13)10-18-12/h10H,2-9H2,1H3. The molecule has 0 saturated carbocycles. The summed E-state index contributed by atoms with van der Waals surface area (Å²) in [6.07, 6.45) is 1.77. The zero-order chi connectivity index (χ0) is 13.1. The highest BCUT2D eigenvalue weighted by Gasteiger charge is 2.00. The number of hydrogen-bond acceptors (Lipinski definition) is 5. The Bertz CT molecular complexity index is 309. The first-order chi connectivity index (χ1) is 8.86. The van der Waals surface area contributed by atoms with E-state index in [1.807, 2.05) is 5.38 Å². The first-order valence-corrected chi connectivity index (χ1v) is 7.42. The zero-order valence-corrected chi connectivity index (χ0v) is 12.3. The number of rotatable bonds is 11. The van der Waals surface area contributed by atoms with Crippen molar-refractivity contribution in [1.82, 2.24) is 4.98 Å². The van der Waals surface area contributed by atoms with E-state index in [0.717, 1.165) is 36.8 Å². The predicted octanol–water partition coefficient (Wildman–Crippen LogP) is 2.49. The van der Waals surface area contributed by atoms with E-state index in [9.17, 15) is 0 Å². The van der Waals surface area contributed by atoms with E-state index in [2.05, 4.69) is 4.98 Å². The van der Waals surface area contributed by atoms with Crippen LogP contribution in [-0.2, 0) is 26.5 Å². The van der Waals surface area contributed by atoms with Crippen LogP contribution in [0.5, 0.6) is 0 Å². The third kappa shape index (κ3) is 7.28. The molecule has 0 saturated heterocycles. The SMILES string of the molecule is COCCCOCCOCCc1nc(CCl)cs1. The monoisotopic (exact) mass is 293 g/mol. The first-order valence-electron chi connectivity index (χ1n) is 6.00. The van der Waals surface area contributed by atoms with Gasteiger partial charge in [0.1, 0.15) is 0 Å². The number of nitrogens with zero attached hydrogens (tertiary/aromatic N) is 1. The molecule has 0 amide bonds. The summed E-state index contributed by atoms with van der Waals surface area (Å²) in [7, 11) is 1.69. The molecule has 0 aliphatic rings. The summed E-state index contributed by atoms with van der Waals surface area (Å²) < 4.78 is 15.8. The van der Waals surface area contributed by atoms with E-state index in [0.29, 0.717) is 25.7 Å². The highest BCUT2D eigenvalue weighted by Crippen LogP contribution is 2.11. The maximum Gasteiger partial charge on any atom is 0.0951 e. The average Bonchev–Trinajstić information content (AvgIpc) is 2.85. The number of ether oxygens (including phenoxy) is 3. The van der Waals surface area contributed by atoms with Crippen LogP contribution in [0.1, 0.15) is 17.1 Å². The molecule has 0 N–H and O–H groups in total. The van der Waals surface area contributed by atoms with Crippen LogP contribution in [0, 0.1) is 0 Å². The lowest BCUT2D eigenvalue weighted by molar-refractivity contribution is 0.0408. The fourth-order valence-electron chi connectivity index (χ4n) is 1.31. The fraction of sp³-hybridized carbons (Fsp3) is 0.750. The van der Waals surface area contributed by atoms with Crippen LogP contribution in [0.4, 0.5) is 0 Å². The van der Waals surface area contributed by atoms with Gasteiger partial charge in [-0.2, -0.15) is 0 Å². The molecule has 0 bridgehead atoms. The Hall–Kier alpha value is -0.200. The number of hydrogen-bond donors (Lipinski definition) is 0. The maximum atomic E-state index is 5.68. The Balaban J connectivity index is 1.89. The third-order valence-corrected chi connectivity index (χ3v) is 3.44. The molecule has 1 heterocycles. The molecule has 18 heavy (non-hydrogen) atoms. The Morgan fingerprint density at radius 2 is 1.94 bits per heavy atom. The van der Waals surface area contributed by atoms with Gasteiger partial charge in [0.25, 0.3) is 0 Å². The summed E-state index contributed by atoms with van der Waals surface area (Å²) in [5, 5.41) is 3.06. The number of aromatic nitrogens is 1. The number of alkyl halides is 1. The lowest BCUT2D eigenvalue weighted by atomic mass is 10.4. The van der Waals surface area contributed by atoms with Crippen molar-refractivity contribution >= 4 is 22.9 Å². The molecule has 1 aromatic heterocycles. The quantitative estimate of drug-likeness (QED) is 0.464. The minimum absolute atomic E-state index is 0.479. The summed E-state index contributed by atoms with van der Waals surface area (Å²) >= 11 is 7.31. The molecule has 6 heteroatoms. The van der Waals surface area contributed by atoms with E-state index in [1.54, 1.807) is 18.4 Å². The normalized spacial score (nSPS) is 11.0. The highest BCUT2D eigenvalue weighted by atomic mass is 35.5. The van der Waals surface area contributed by atoms with Gasteiger partial charge in [-0.1, -0.05) is 0 Å². The molecule has 0 aliphatic carbocycles. The summed E-state index contributed by atoms with van der Waals surface area (Å²) in [4.78, 5) is 4.36. The van der Waals surface area contributed by atoms with Crippen LogP contribution in [0.25, 0.3) is 0 Å².